The van der Waals surface area contributed by atoms with Crippen LogP contribution < -0.4 is 10.6 Å². The van der Waals surface area contributed by atoms with E-state index < -0.39 is 0 Å². The average molecular weight is 302 g/mol. The zero-order chi connectivity index (χ0) is 16.5. The third kappa shape index (κ3) is 5.72. The van der Waals surface area contributed by atoms with Gasteiger partial charge >= 0.3 is 0 Å². The molecule has 0 bridgehead atoms. The van der Waals surface area contributed by atoms with Gasteiger partial charge in [-0.1, -0.05) is 32.1 Å². The van der Waals surface area contributed by atoms with Crippen molar-refractivity contribution in [2.24, 2.45) is 0 Å². The molecular formula is C18H26N2O2. The summed E-state index contributed by atoms with van der Waals surface area (Å²) in [5.41, 5.74) is 2.25. The molecule has 0 saturated carbocycles. The Kier molecular flexibility index (Phi) is 7.37. The van der Waals surface area contributed by atoms with Gasteiger partial charge in [0.25, 0.3) is 5.91 Å². The molecule has 4 heteroatoms. The predicted molar refractivity (Wildman–Crippen MR) is 89.6 cm³/mol. The Morgan fingerprint density at radius 3 is 2.64 bits per heavy atom. The number of nitrogens with one attached hydrogen (secondary N) is 2. The van der Waals surface area contributed by atoms with Crippen LogP contribution >= 0.6 is 0 Å². The average Bonchev–Trinajstić information content (AvgIpc) is 2.52. The number of hydrogen-bond acceptors (Lipinski definition) is 2. The summed E-state index contributed by atoms with van der Waals surface area (Å²) < 4.78 is 0. The van der Waals surface area contributed by atoms with E-state index in [-0.39, 0.29) is 17.9 Å². The summed E-state index contributed by atoms with van der Waals surface area (Å²) in [5.74, 6) is -0.152. The second kappa shape index (κ2) is 9.03. The highest BCUT2D eigenvalue weighted by Crippen LogP contribution is 2.07. The van der Waals surface area contributed by atoms with Crippen molar-refractivity contribution in [3.05, 3.63) is 47.0 Å². The summed E-state index contributed by atoms with van der Waals surface area (Å²) in [5, 5.41) is 5.80. The quantitative estimate of drug-likeness (QED) is 0.760. The van der Waals surface area contributed by atoms with E-state index in [4.69, 9.17) is 0 Å². The first-order valence-electron chi connectivity index (χ1n) is 7.82. The van der Waals surface area contributed by atoms with E-state index in [1.807, 2.05) is 45.0 Å². The van der Waals surface area contributed by atoms with Gasteiger partial charge in [-0.3, -0.25) is 9.59 Å². The fourth-order valence-electron chi connectivity index (χ4n) is 1.95. The number of hydrogen-bond donors (Lipinski definition) is 2. The Labute approximate surface area is 133 Å². The van der Waals surface area contributed by atoms with E-state index in [0.29, 0.717) is 17.7 Å². The van der Waals surface area contributed by atoms with Crippen molar-refractivity contribution in [3.63, 3.8) is 0 Å². The van der Waals surface area contributed by atoms with Gasteiger partial charge in [-0.15, -0.1) is 0 Å². The minimum absolute atomic E-state index is 0.0729. The van der Waals surface area contributed by atoms with Gasteiger partial charge in [0.2, 0.25) is 5.91 Å². The SMILES string of the molecule is CC/C=C(/C)C(=O)NCc1cccc(C(=O)N[C@@H](C)CC)c1. The Balaban J connectivity index is 2.67. The van der Waals surface area contributed by atoms with Crippen LogP contribution in [0, 0.1) is 0 Å². The fourth-order valence-corrected chi connectivity index (χ4v) is 1.95. The molecule has 0 aliphatic carbocycles. The normalized spacial score (nSPS) is 12.6. The van der Waals surface area contributed by atoms with Crippen LogP contribution in [0.3, 0.4) is 0 Å². The molecule has 0 unspecified atom stereocenters. The van der Waals surface area contributed by atoms with Crippen LogP contribution in [0.5, 0.6) is 0 Å². The topological polar surface area (TPSA) is 58.2 Å². The third-order valence-corrected chi connectivity index (χ3v) is 3.50. The molecule has 0 fully saturated rings. The van der Waals surface area contributed by atoms with E-state index in [1.165, 1.54) is 0 Å². The number of allylic oxidation sites excluding steroid dienone is 1. The molecule has 0 aromatic heterocycles. The van der Waals surface area contributed by atoms with Crippen molar-refractivity contribution in [3.8, 4) is 0 Å². The van der Waals surface area contributed by atoms with Gasteiger partial charge < -0.3 is 10.6 Å². The van der Waals surface area contributed by atoms with Crippen molar-refractivity contribution < 1.29 is 9.59 Å². The Bertz CT molecular complexity index is 550. The minimum Gasteiger partial charge on any atom is -0.350 e. The maximum atomic E-state index is 12.1. The molecule has 2 N–H and O–H groups in total. The Morgan fingerprint density at radius 2 is 2.00 bits per heavy atom. The molecular weight excluding hydrogens is 276 g/mol. The fraction of sp³-hybridized carbons (Fsp3) is 0.444. The van der Waals surface area contributed by atoms with Gasteiger partial charge in [-0.25, -0.2) is 0 Å². The lowest BCUT2D eigenvalue weighted by Crippen LogP contribution is -2.32. The smallest absolute Gasteiger partial charge is 0.251 e. The second-order valence-corrected chi connectivity index (χ2v) is 5.46. The van der Waals surface area contributed by atoms with E-state index in [2.05, 4.69) is 10.6 Å². The lowest BCUT2D eigenvalue weighted by atomic mass is 10.1. The number of amides is 2. The Morgan fingerprint density at radius 1 is 1.27 bits per heavy atom. The second-order valence-electron chi connectivity index (χ2n) is 5.46. The maximum Gasteiger partial charge on any atom is 0.251 e. The molecule has 1 rings (SSSR count). The summed E-state index contributed by atoms with van der Waals surface area (Å²) in [6.07, 6.45) is 3.63. The lowest BCUT2D eigenvalue weighted by Gasteiger charge is -2.12. The highest BCUT2D eigenvalue weighted by Gasteiger charge is 2.09. The number of benzene rings is 1. The molecule has 1 aromatic carbocycles. The first kappa shape index (κ1) is 18.0. The van der Waals surface area contributed by atoms with Crippen molar-refractivity contribution in [2.75, 3.05) is 0 Å². The van der Waals surface area contributed by atoms with Crippen LogP contribution in [0.4, 0.5) is 0 Å². The van der Waals surface area contributed by atoms with Crippen LogP contribution in [0.2, 0.25) is 0 Å². The summed E-state index contributed by atoms with van der Waals surface area (Å²) in [7, 11) is 0. The van der Waals surface area contributed by atoms with Crippen LogP contribution in [0.1, 0.15) is 56.5 Å². The molecule has 2 amide bonds. The molecule has 1 aromatic rings. The van der Waals surface area contributed by atoms with Gasteiger partial charge in [0.1, 0.15) is 0 Å². The summed E-state index contributed by atoms with van der Waals surface area (Å²) >= 11 is 0. The molecule has 22 heavy (non-hydrogen) atoms. The molecule has 120 valence electrons. The Hall–Kier alpha value is -2.10. The van der Waals surface area contributed by atoms with Crippen molar-refractivity contribution in [1.29, 1.82) is 0 Å². The van der Waals surface area contributed by atoms with Gasteiger partial charge in [-0.2, -0.15) is 0 Å². The van der Waals surface area contributed by atoms with Gasteiger partial charge in [0.15, 0.2) is 0 Å². The minimum atomic E-state index is -0.0791. The summed E-state index contributed by atoms with van der Waals surface area (Å²) in [6, 6.07) is 7.49. The lowest BCUT2D eigenvalue weighted by molar-refractivity contribution is -0.117. The van der Waals surface area contributed by atoms with Crippen molar-refractivity contribution in [2.45, 2.75) is 53.1 Å². The van der Waals surface area contributed by atoms with E-state index >= 15 is 0 Å². The zero-order valence-electron chi connectivity index (χ0n) is 13.9. The third-order valence-electron chi connectivity index (χ3n) is 3.50. The van der Waals surface area contributed by atoms with Crippen LogP contribution in [-0.4, -0.2) is 17.9 Å². The zero-order valence-corrected chi connectivity index (χ0v) is 13.9. The number of carbonyl (C=O) groups is 2. The van der Waals surface area contributed by atoms with E-state index in [0.717, 1.165) is 18.4 Å². The van der Waals surface area contributed by atoms with Gasteiger partial charge in [0.05, 0.1) is 0 Å². The molecule has 0 aliphatic rings. The van der Waals surface area contributed by atoms with Crippen molar-refractivity contribution in [1.82, 2.24) is 10.6 Å². The largest absolute Gasteiger partial charge is 0.350 e. The molecule has 0 heterocycles. The standard InChI is InChI=1S/C18H26N2O2/c1-5-8-13(3)17(21)19-12-15-9-7-10-16(11-15)18(22)20-14(4)6-2/h7-11,14H,5-6,12H2,1-4H3,(H,19,21)(H,20,22)/b13-8-/t14-/m0/s1. The number of carbonyl (C=O) groups excluding carboxylic acids is 2. The van der Waals surface area contributed by atoms with Gasteiger partial charge in [0, 0.05) is 23.7 Å². The monoisotopic (exact) mass is 302 g/mol. The summed E-state index contributed by atoms with van der Waals surface area (Å²) in [4.78, 5) is 23.9. The van der Waals surface area contributed by atoms with Crippen LogP contribution in [0.25, 0.3) is 0 Å². The highest BCUT2D eigenvalue weighted by molar-refractivity contribution is 5.94. The molecule has 0 aliphatic heterocycles. The first-order valence-corrected chi connectivity index (χ1v) is 7.82. The van der Waals surface area contributed by atoms with E-state index in [1.54, 1.807) is 13.0 Å². The highest BCUT2D eigenvalue weighted by atomic mass is 16.2. The molecule has 1 atom stereocenters. The molecule has 0 spiro atoms. The summed E-state index contributed by atoms with van der Waals surface area (Å²) in [6.45, 7) is 8.22. The maximum absolute atomic E-state index is 12.1. The van der Waals surface area contributed by atoms with E-state index in [9.17, 15) is 9.59 Å². The van der Waals surface area contributed by atoms with Crippen LogP contribution in [0.15, 0.2) is 35.9 Å². The van der Waals surface area contributed by atoms with Gasteiger partial charge in [-0.05, 0) is 44.4 Å². The predicted octanol–water partition coefficient (Wildman–Crippen LogP) is 3.19. The van der Waals surface area contributed by atoms with Crippen molar-refractivity contribution >= 4 is 11.8 Å². The molecule has 4 nitrogen and oxygen atoms in total. The molecule has 0 saturated heterocycles. The first-order chi connectivity index (χ1) is 10.5. The number of rotatable bonds is 7. The van der Waals surface area contributed by atoms with Crippen LogP contribution in [-0.2, 0) is 11.3 Å². The molecule has 0 radical (unpaired) electrons.